The van der Waals surface area contributed by atoms with E-state index in [0.717, 1.165) is 18.6 Å². The summed E-state index contributed by atoms with van der Waals surface area (Å²) in [6, 6.07) is 6.39. The van der Waals surface area contributed by atoms with Gasteiger partial charge in [-0.15, -0.1) is 0 Å². The van der Waals surface area contributed by atoms with E-state index in [-0.39, 0.29) is 0 Å². The molecule has 1 heterocycles. The van der Waals surface area contributed by atoms with Gasteiger partial charge in [0, 0.05) is 6.04 Å². The van der Waals surface area contributed by atoms with Crippen LogP contribution in [0.2, 0.25) is 0 Å². The summed E-state index contributed by atoms with van der Waals surface area (Å²) in [6.45, 7) is 4.13. The van der Waals surface area contributed by atoms with Gasteiger partial charge in [0.05, 0.1) is 0 Å². The molecule has 5 heteroatoms. The Balaban J connectivity index is 1.77. The molecule has 0 saturated heterocycles. The van der Waals surface area contributed by atoms with Crippen LogP contribution in [-0.4, -0.2) is 16.0 Å². The zero-order valence-corrected chi connectivity index (χ0v) is 13.8. The van der Waals surface area contributed by atoms with E-state index in [0.29, 0.717) is 23.4 Å². The van der Waals surface area contributed by atoms with Crippen molar-refractivity contribution in [3.63, 3.8) is 0 Å². The van der Waals surface area contributed by atoms with E-state index in [1.165, 1.54) is 36.7 Å². The molecule has 23 heavy (non-hydrogen) atoms. The van der Waals surface area contributed by atoms with E-state index in [1.54, 1.807) is 0 Å². The minimum Gasteiger partial charge on any atom is -0.437 e. The van der Waals surface area contributed by atoms with E-state index in [4.69, 9.17) is 10.5 Å². The highest BCUT2D eigenvalue weighted by atomic mass is 16.5. The third-order valence-electron chi connectivity index (χ3n) is 4.49. The molecule has 2 aromatic rings. The van der Waals surface area contributed by atoms with Gasteiger partial charge in [0.2, 0.25) is 5.88 Å². The Hall–Kier alpha value is -2.30. The highest BCUT2D eigenvalue weighted by Gasteiger charge is 2.17. The number of nitrogens with zero attached hydrogens (tertiary/aromatic N) is 2. The summed E-state index contributed by atoms with van der Waals surface area (Å²) in [7, 11) is 0. The standard InChI is InChI=1S/C18H24N4O/c1-12-8-9-15(10-13(12)2)23-18-16(19)17(20-11-21-18)22-14-6-4-3-5-7-14/h8-11,14H,3-7,19H2,1-2H3,(H,20,21,22). The first-order valence-electron chi connectivity index (χ1n) is 8.25. The van der Waals surface area contributed by atoms with E-state index < -0.39 is 0 Å². The largest absolute Gasteiger partial charge is 0.437 e. The van der Waals surface area contributed by atoms with Crippen LogP contribution >= 0.6 is 0 Å². The molecule has 3 rings (SSSR count). The lowest BCUT2D eigenvalue weighted by Crippen LogP contribution is -2.23. The molecule has 3 N–H and O–H groups in total. The van der Waals surface area contributed by atoms with Gasteiger partial charge in [0.25, 0.3) is 0 Å². The molecule has 0 amide bonds. The maximum Gasteiger partial charge on any atom is 0.248 e. The lowest BCUT2D eigenvalue weighted by molar-refractivity contribution is 0.457. The number of anilines is 2. The van der Waals surface area contributed by atoms with Gasteiger partial charge in [-0.1, -0.05) is 25.3 Å². The van der Waals surface area contributed by atoms with Crippen molar-refractivity contribution in [2.75, 3.05) is 11.1 Å². The topological polar surface area (TPSA) is 73.1 Å². The van der Waals surface area contributed by atoms with Crippen LogP contribution in [0, 0.1) is 13.8 Å². The summed E-state index contributed by atoms with van der Waals surface area (Å²) in [5, 5.41) is 3.44. The van der Waals surface area contributed by atoms with Crippen LogP contribution in [0.3, 0.4) is 0 Å². The van der Waals surface area contributed by atoms with Crippen molar-refractivity contribution in [3.8, 4) is 11.6 Å². The Labute approximate surface area is 137 Å². The van der Waals surface area contributed by atoms with Crippen LogP contribution in [0.1, 0.15) is 43.2 Å². The fourth-order valence-corrected chi connectivity index (χ4v) is 2.91. The highest BCUT2D eigenvalue weighted by molar-refractivity contribution is 5.67. The van der Waals surface area contributed by atoms with Gasteiger partial charge >= 0.3 is 0 Å². The molecule has 0 unspecified atom stereocenters. The molecule has 1 aliphatic carbocycles. The number of nitrogen functional groups attached to an aromatic ring is 1. The normalized spacial score (nSPS) is 15.4. The number of benzene rings is 1. The van der Waals surface area contributed by atoms with Crippen molar-refractivity contribution >= 4 is 11.5 Å². The molecular weight excluding hydrogens is 288 g/mol. The minimum atomic E-state index is 0.404. The summed E-state index contributed by atoms with van der Waals surface area (Å²) in [5.41, 5.74) is 9.08. The van der Waals surface area contributed by atoms with E-state index in [2.05, 4.69) is 29.1 Å². The molecule has 1 aromatic carbocycles. The number of ether oxygens (including phenoxy) is 1. The summed E-state index contributed by atoms with van der Waals surface area (Å²) in [5.74, 6) is 1.81. The van der Waals surface area contributed by atoms with Gasteiger partial charge < -0.3 is 15.8 Å². The zero-order valence-electron chi connectivity index (χ0n) is 13.8. The maximum absolute atomic E-state index is 6.20. The van der Waals surface area contributed by atoms with Crippen LogP contribution in [0.25, 0.3) is 0 Å². The van der Waals surface area contributed by atoms with Crippen LogP contribution < -0.4 is 15.8 Å². The smallest absolute Gasteiger partial charge is 0.248 e. The van der Waals surface area contributed by atoms with Gasteiger partial charge in [0.1, 0.15) is 17.8 Å². The molecule has 0 atom stereocenters. The summed E-state index contributed by atoms with van der Waals surface area (Å²) < 4.78 is 5.86. The van der Waals surface area contributed by atoms with E-state index >= 15 is 0 Å². The number of hydrogen-bond donors (Lipinski definition) is 2. The number of aromatic nitrogens is 2. The number of hydrogen-bond acceptors (Lipinski definition) is 5. The molecule has 1 saturated carbocycles. The molecule has 0 aliphatic heterocycles. The number of aryl methyl sites for hydroxylation is 2. The Kier molecular flexibility index (Phi) is 4.65. The molecular formula is C18H24N4O. The van der Waals surface area contributed by atoms with Crippen LogP contribution in [0.4, 0.5) is 11.5 Å². The first-order chi connectivity index (χ1) is 11.1. The van der Waals surface area contributed by atoms with E-state index in [1.807, 2.05) is 18.2 Å². The molecule has 0 bridgehead atoms. The molecule has 0 spiro atoms. The van der Waals surface area contributed by atoms with Crippen molar-refractivity contribution in [1.82, 2.24) is 9.97 Å². The van der Waals surface area contributed by atoms with Crippen LogP contribution in [-0.2, 0) is 0 Å². The number of nitrogens with one attached hydrogen (secondary N) is 1. The zero-order chi connectivity index (χ0) is 16.2. The predicted molar refractivity (Wildman–Crippen MR) is 92.9 cm³/mol. The van der Waals surface area contributed by atoms with Gasteiger partial charge in [-0.25, -0.2) is 4.98 Å². The van der Waals surface area contributed by atoms with Gasteiger partial charge in [-0.2, -0.15) is 4.98 Å². The SMILES string of the molecule is Cc1ccc(Oc2ncnc(NC3CCCCC3)c2N)cc1C. The van der Waals surface area contributed by atoms with Gasteiger partial charge in [-0.3, -0.25) is 0 Å². The molecule has 5 nitrogen and oxygen atoms in total. The average molecular weight is 312 g/mol. The van der Waals surface area contributed by atoms with Crippen molar-refractivity contribution in [2.24, 2.45) is 0 Å². The van der Waals surface area contributed by atoms with Crippen molar-refractivity contribution < 1.29 is 4.74 Å². The van der Waals surface area contributed by atoms with Crippen molar-refractivity contribution in [1.29, 1.82) is 0 Å². The summed E-state index contributed by atoms with van der Waals surface area (Å²) in [4.78, 5) is 8.46. The maximum atomic E-state index is 6.20. The average Bonchev–Trinajstić information content (AvgIpc) is 2.56. The number of rotatable bonds is 4. The fraction of sp³-hybridized carbons (Fsp3) is 0.444. The lowest BCUT2D eigenvalue weighted by Gasteiger charge is -2.24. The summed E-state index contributed by atoms with van der Waals surface area (Å²) in [6.07, 6.45) is 7.66. The molecule has 0 radical (unpaired) electrons. The Morgan fingerprint density at radius 3 is 2.61 bits per heavy atom. The van der Waals surface area contributed by atoms with Crippen LogP contribution in [0.15, 0.2) is 24.5 Å². The molecule has 122 valence electrons. The second kappa shape index (κ2) is 6.86. The van der Waals surface area contributed by atoms with Gasteiger partial charge in [-0.05, 0) is 49.9 Å². The Morgan fingerprint density at radius 1 is 1.09 bits per heavy atom. The first kappa shape index (κ1) is 15.6. The third-order valence-corrected chi connectivity index (χ3v) is 4.49. The Bertz CT molecular complexity index is 681. The third kappa shape index (κ3) is 3.73. The minimum absolute atomic E-state index is 0.404. The molecule has 1 aliphatic rings. The lowest BCUT2D eigenvalue weighted by atomic mass is 9.95. The fourth-order valence-electron chi connectivity index (χ4n) is 2.91. The second-order valence-corrected chi connectivity index (χ2v) is 6.27. The van der Waals surface area contributed by atoms with Crippen molar-refractivity contribution in [2.45, 2.75) is 52.0 Å². The predicted octanol–water partition coefficient (Wildman–Crippen LogP) is 4.21. The monoisotopic (exact) mass is 312 g/mol. The first-order valence-corrected chi connectivity index (χ1v) is 8.25. The quantitative estimate of drug-likeness (QED) is 0.884. The van der Waals surface area contributed by atoms with Gasteiger partial charge in [0.15, 0.2) is 5.82 Å². The van der Waals surface area contributed by atoms with E-state index in [9.17, 15) is 0 Å². The molecule has 1 fully saturated rings. The number of nitrogens with two attached hydrogens (primary N) is 1. The second-order valence-electron chi connectivity index (χ2n) is 6.27. The highest BCUT2D eigenvalue weighted by Crippen LogP contribution is 2.31. The Morgan fingerprint density at radius 2 is 1.87 bits per heavy atom. The molecule has 1 aromatic heterocycles. The summed E-state index contributed by atoms with van der Waals surface area (Å²) >= 11 is 0. The van der Waals surface area contributed by atoms with Crippen molar-refractivity contribution in [3.05, 3.63) is 35.7 Å². The van der Waals surface area contributed by atoms with Crippen LogP contribution in [0.5, 0.6) is 11.6 Å².